The highest BCUT2D eigenvalue weighted by molar-refractivity contribution is 5.39. The van der Waals surface area contributed by atoms with E-state index < -0.39 is 0 Å². The van der Waals surface area contributed by atoms with Gasteiger partial charge in [-0.15, -0.1) is 0 Å². The second-order valence-electron chi connectivity index (χ2n) is 4.55. The van der Waals surface area contributed by atoms with Crippen molar-refractivity contribution in [2.24, 2.45) is 0 Å². The van der Waals surface area contributed by atoms with E-state index in [-0.39, 0.29) is 10.6 Å². The number of benzene rings is 1. The highest BCUT2D eigenvalue weighted by atomic mass is 16.7. The van der Waals surface area contributed by atoms with Crippen molar-refractivity contribution < 1.29 is 9.76 Å². The molecule has 1 aromatic rings. The number of hydroxylamine groups is 1. The van der Waals surface area contributed by atoms with Gasteiger partial charge in [-0.1, -0.05) is 31.0 Å². The molecule has 0 atom stereocenters. The summed E-state index contributed by atoms with van der Waals surface area (Å²) in [5, 5.41) is 10.8. The predicted molar refractivity (Wildman–Crippen MR) is 68.1 cm³/mol. The fourth-order valence-corrected chi connectivity index (χ4v) is 2.27. The van der Waals surface area contributed by atoms with Crippen molar-refractivity contribution in [2.75, 3.05) is 6.54 Å². The lowest BCUT2D eigenvalue weighted by atomic mass is 10.1. The van der Waals surface area contributed by atoms with Gasteiger partial charge in [0.1, 0.15) is 0 Å². The number of nitrogens with zero attached hydrogens (tertiary/aromatic N) is 1. The van der Waals surface area contributed by atoms with Crippen LogP contribution in [0.5, 0.6) is 0 Å². The van der Waals surface area contributed by atoms with Gasteiger partial charge in [0, 0.05) is 18.2 Å². The third-order valence-corrected chi connectivity index (χ3v) is 3.24. The lowest BCUT2D eigenvalue weighted by Gasteiger charge is -2.11. The average molecular weight is 250 g/mol. The van der Waals surface area contributed by atoms with E-state index in [0.717, 1.165) is 18.4 Å². The van der Waals surface area contributed by atoms with Crippen LogP contribution >= 0.6 is 0 Å². The van der Waals surface area contributed by atoms with Gasteiger partial charge in [-0.2, -0.15) is 0 Å². The summed E-state index contributed by atoms with van der Waals surface area (Å²) in [6.45, 7) is 0.599. The van der Waals surface area contributed by atoms with Gasteiger partial charge in [-0.3, -0.25) is 15.0 Å². The Morgan fingerprint density at radius 1 is 1.33 bits per heavy atom. The van der Waals surface area contributed by atoms with Gasteiger partial charge in [0.2, 0.25) is 0 Å². The van der Waals surface area contributed by atoms with Crippen molar-refractivity contribution in [3.05, 3.63) is 39.9 Å². The quantitative estimate of drug-likeness (QED) is 0.479. The first-order valence-electron chi connectivity index (χ1n) is 6.38. The zero-order valence-electron chi connectivity index (χ0n) is 10.3. The van der Waals surface area contributed by atoms with Crippen molar-refractivity contribution in [3.8, 4) is 0 Å². The molecule has 0 aliphatic heterocycles. The standard InChI is InChI=1S/C13H18N2O3/c16-15(17)13-8-4-1-5-11(13)9-10-14-18-12-6-2-3-7-12/h1,4-5,8,12,14H,2-3,6-7,9-10H2. The van der Waals surface area contributed by atoms with Crippen molar-refractivity contribution in [1.82, 2.24) is 5.48 Å². The van der Waals surface area contributed by atoms with E-state index in [1.807, 2.05) is 6.07 Å². The summed E-state index contributed by atoms with van der Waals surface area (Å²) in [4.78, 5) is 16.0. The number of hydrogen-bond donors (Lipinski definition) is 1. The minimum atomic E-state index is -0.340. The topological polar surface area (TPSA) is 64.4 Å². The first-order valence-corrected chi connectivity index (χ1v) is 6.38. The number of hydrogen-bond acceptors (Lipinski definition) is 4. The Morgan fingerprint density at radius 3 is 2.78 bits per heavy atom. The first kappa shape index (κ1) is 13.0. The highest BCUT2D eigenvalue weighted by Crippen LogP contribution is 2.20. The molecule has 5 heteroatoms. The van der Waals surface area contributed by atoms with E-state index in [9.17, 15) is 10.1 Å². The van der Waals surface area contributed by atoms with Gasteiger partial charge in [-0.25, -0.2) is 5.48 Å². The van der Waals surface area contributed by atoms with Gasteiger partial charge in [0.25, 0.3) is 5.69 Å². The Balaban J connectivity index is 1.77. The van der Waals surface area contributed by atoms with Crippen LogP contribution < -0.4 is 5.48 Å². The maximum Gasteiger partial charge on any atom is 0.272 e. The van der Waals surface area contributed by atoms with Crippen LogP contribution in [0.15, 0.2) is 24.3 Å². The van der Waals surface area contributed by atoms with Crippen molar-refractivity contribution in [1.29, 1.82) is 0 Å². The molecule has 0 amide bonds. The smallest absolute Gasteiger partial charge is 0.272 e. The number of rotatable bonds is 6. The SMILES string of the molecule is O=[N+]([O-])c1ccccc1CCNOC1CCCC1. The molecule has 18 heavy (non-hydrogen) atoms. The average Bonchev–Trinajstić information content (AvgIpc) is 2.88. The van der Waals surface area contributed by atoms with Crippen LogP contribution in [-0.2, 0) is 11.3 Å². The zero-order chi connectivity index (χ0) is 12.8. The lowest BCUT2D eigenvalue weighted by Crippen LogP contribution is -2.24. The molecule has 0 heterocycles. The summed E-state index contributed by atoms with van der Waals surface area (Å²) in [6, 6.07) is 6.83. The zero-order valence-corrected chi connectivity index (χ0v) is 10.3. The van der Waals surface area contributed by atoms with E-state index in [2.05, 4.69) is 5.48 Å². The molecule has 2 rings (SSSR count). The largest absolute Gasteiger partial charge is 0.299 e. The van der Waals surface area contributed by atoms with Crippen LogP contribution in [0.1, 0.15) is 31.2 Å². The van der Waals surface area contributed by atoms with E-state index in [1.54, 1.807) is 12.1 Å². The normalized spacial score (nSPS) is 16.0. The van der Waals surface area contributed by atoms with Gasteiger partial charge < -0.3 is 0 Å². The van der Waals surface area contributed by atoms with Gasteiger partial charge in [-0.05, 0) is 19.3 Å². The highest BCUT2D eigenvalue weighted by Gasteiger charge is 2.16. The molecule has 0 aromatic heterocycles. The first-order chi connectivity index (χ1) is 8.77. The molecule has 1 aliphatic rings. The van der Waals surface area contributed by atoms with Gasteiger partial charge >= 0.3 is 0 Å². The third kappa shape index (κ3) is 3.51. The van der Waals surface area contributed by atoms with Crippen LogP contribution in [0.4, 0.5) is 5.69 Å². The maximum atomic E-state index is 10.8. The van der Waals surface area contributed by atoms with Crippen LogP contribution in [0.25, 0.3) is 0 Å². The van der Waals surface area contributed by atoms with Crippen molar-refractivity contribution >= 4 is 5.69 Å². The third-order valence-electron chi connectivity index (χ3n) is 3.24. The summed E-state index contributed by atoms with van der Waals surface area (Å²) < 4.78 is 0. The Hall–Kier alpha value is -1.46. The molecule has 0 radical (unpaired) electrons. The van der Waals surface area contributed by atoms with Crippen LogP contribution in [0, 0.1) is 10.1 Å². The Labute approximate surface area is 106 Å². The molecule has 1 aliphatic carbocycles. The van der Waals surface area contributed by atoms with Crippen LogP contribution in [-0.4, -0.2) is 17.6 Å². The molecule has 1 saturated carbocycles. The number of nitro groups is 1. The predicted octanol–water partition coefficient (Wildman–Crippen LogP) is 2.60. The molecule has 0 spiro atoms. The maximum absolute atomic E-state index is 10.8. The van der Waals surface area contributed by atoms with Crippen molar-refractivity contribution in [3.63, 3.8) is 0 Å². The fraction of sp³-hybridized carbons (Fsp3) is 0.538. The second kappa shape index (κ2) is 6.47. The molecule has 1 N–H and O–H groups in total. The summed E-state index contributed by atoms with van der Waals surface area (Å²) in [7, 11) is 0. The van der Waals surface area contributed by atoms with Gasteiger partial charge in [0.15, 0.2) is 0 Å². The van der Waals surface area contributed by atoms with Gasteiger partial charge in [0.05, 0.1) is 11.0 Å². The Morgan fingerprint density at radius 2 is 2.06 bits per heavy atom. The summed E-state index contributed by atoms with van der Waals surface area (Å²) in [5.41, 5.74) is 3.84. The van der Waals surface area contributed by atoms with Crippen LogP contribution in [0.2, 0.25) is 0 Å². The molecule has 0 saturated heterocycles. The summed E-state index contributed by atoms with van der Waals surface area (Å²) >= 11 is 0. The molecule has 1 aromatic carbocycles. The molecule has 98 valence electrons. The molecular weight excluding hydrogens is 232 g/mol. The Bertz CT molecular complexity index is 403. The molecule has 0 unspecified atom stereocenters. The Kier molecular flexibility index (Phi) is 4.66. The summed E-state index contributed by atoms with van der Waals surface area (Å²) in [5.74, 6) is 0. The monoisotopic (exact) mass is 250 g/mol. The summed E-state index contributed by atoms with van der Waals surface area (Å²) in [6.07, 6.45) is 5.60. The van der Waals surface area contributed by atoms with E-state index in [1.165, 1.54) is 18.9 Å². The molecular formula is C13H18N2O3. The minimum Gasteiger partial charge on any atom is -0.299 e. The molecule has 5 nitrogen and oxygen atoms in total. The molecule has 0 bridgehead atoms. The number of nitro benzene ring substituents is 1. The van der Waals surface area contributed by atoms with E-state index in [4.69, 9.17) is 4.84 Å². The number of para-hydroxylation sites is 1. The van der Waals surface area contributed by atoms with E-state index in [0.29, 0.717) is 19.1 Å². The van der Waals surface area contributed by atoms with Crippen LogP contribution in [0.3, 0.4) is 0 Å². The van der Waals surface area contributed by atoms with Crippen molar-refractivity contribution in [2.45, 2.75) is 38.2 Å². The lowest BCUT2D eigenvalue weighted by molar-refractivity contribution is -0.385. The molecule has 1 fully saturated rings. The second-order valence-corrected chi connectivity index (χ2v) is 4.55. The van der Waals surface area contributed by atoms with E-state index >= 15 is 0 Å². The number of nitrogens with one attached hydrogen (secondary N) is 1. The minimum absolute atomic E-state index is 0.181. The fourth-order valence-electron chi connectivity index (χ4n) is 2.27.